The molecule has 134 valence electrons. The number of fused-ring (bicyclic) bond motifs is 1. The van der Waals surface area contributed by atoms with Crippen LogP contribution in [0.2, 0.25) is 0 Å². The zero-order valence-electron chi connectivity index (χ0n) is 13.9. The molecule has 1 heterocycles. The van der Waals surface area contributed by atoms with E-state index in [1.54, 1.807) is 6.07 Å². The van der Waals surface area contributed by atoms with Crippen molar-refractivity contribution in [3.05, 3.63) is 34.9 Å². The van der Waals surface area contributed by atoms with Gasteiger partial charge in [-0.15, -0.1) is 0 Å². The minimum absolute atomic E-state index is 0.116. The third-order valence-corrected chi connectivity index (χ3v) is 4.24. The fourth-order valence-electron chi connectivity index (χ4n) is 3.24. The molecule has 0 saturated carbocycles. The molecule has 0 spiro atoms. The van der Waals surface area contributed by atoms with Crippen molar-refractivity contribution >= 4 is 6.09 Å². The third-order valence-electron chi connectivity index (χ3n) is 4.24. The molecule has 1 aliphatic rings. The van der Waals surface area contributed by atoms with Gasteiger partial charge in [-0.1, -0.05) is 39.0 Å². The van der Waals surface area contributed by atoms with E-state index in [9.17, 15) is 28.2 Å². The van der Waals surface area contributed by atoms with E-state index >= 15 is 0 Å². The number of aliphatic hydroxyl groups is 1. The van der Waals surface area contributed by atoms with Crippen LogP contribution in [0.3, 0.4) is 0 Å². The first-order valence-electron chi connectivity index (χ1n) is 7.78. The number of amides is 1. The minimum Gasteiger partial charge on any atom is -0.465 e. The molecular formula is C17H22F3NO3. The lowest BCUT2D eigenvalue weighted by Crippen LogP contribution is -2.41. The van der Waals surface area contributed by atoms with Crippen molar-refractivity contribution in [2.45, 2.75) is 51.9 Å². The van der Waals surface area contributed by atoms with Crippen molar-refractivity contribution in [1.82, 2.24) is 4.90 Å². The Morgan fingerprint density at radius 1 is 1.33 bits per heavy atom. The second-order valence-corrected chi connectivity index (χ2v) is 7.37. The molecule has 0 radical (unpaired) electrons. The second kappa shape index (κ2) is 6.27. The maximum Gasteiger partial charge on any atom is 0.418 e. The maximum atomic E-state index is 12.9. The van der Waals surface area contributed by atoms with Crippen LogP contribution in [0.5, 0.6) is 0 Å². The summed E-state index contributed by atoms with van der Waals surface area (Å²) in [5.74, 6) is 0. The summed E-state index contributed by atoms with van der Waals surface area (Å²) in [6, 6.07) is 3.85. The number of aliphatic hydroxyl groups excluding tert-OH is 1. The minimum atomic E-state index is -4.75. The van der Waals surface area contributed by atoms with Gasteiger partial charge in [-0.2, -0.15) is 13.2 Å². The number of benzene rings is 1. The Kier molecular flexibility index (Phi) is 4.86. The van der Waals surface area contributed by atoms with Gasteiger partial charge in [-0.25, -0.2) is 4.79 Å². The van der Waals surface area contributed by atoms with Gasteiger partial charge in [0, 0.05) is 6.54 Å². The Morgan fingerprint density at radius 2 is 1.96 bits per heavy atom. The first kappa shape index (κ1) is 18.6. The van der Waals surface area contributed by atoms with E-state index in [2.05, 4.69) is 0 Å². The molecule has 1 aromatic carbocycles. The normalized spacial score (nSPS) is 19.8. The van der Waals surface area contributed by atoms with Gasteiger partial charge < -0.3 is 15.1 Å². The number of carboxylic acid groups (broad SMARTS) is 1. The van der Waals surface area contributed by atoms with Crippen molar-refractivity contribution in [3.63, 3.8) is 0 Å². The van der Waals surface area contributed by atoms with Crippen molar-refractivity contribution < 1.29 is 28.2 Å². The molecule has 2 rings (SSSR count). The Hall–Kier alpha value is -1.76. The van der Waals surface area contributed by atoms with Crippen molar-refractivity contribution in [3.8, 4) is 0 Å². The molecule has 0 aliphatic carbocycles. The van der Waals surface area contributed by atoms with Crippen LogP contribution in [-0.4, -0.2) is 33.9 Å². The maximum absolute atomic E-state index is 12.9. The summed E-state index contributed by atoms with van der Waals surface area (Å²) in [6.07, 6.45) is -7.75. The van der Waals surface area contributed by atoms with Crippen LogP contribution in [0.1, 0.15) is 56.0 Å². The standard InChI is InChI=1S/C17H22F3NO3/c1-16(2,3)9-13-11-5-4-6-12(14(22)17(18,19)20)10(11)7-8-21(13)15(23)24/h4-6,13-14,22H,7-9H2,1-3H3,(H,23,24)/t13-,14?/m0/s1. The van der Waals surface area contributed by atoms with Gasteiger partial charge in [0.1, 0.15) is 0 Å². The van der Waals surface area contributed by atoms with E-state index in [4.69, 9.17) is 0 Å². The molecule has 7 heteroatoms. The molecule has 1 aromatic rings. The summed E-state index contributed by atoms with van der Waals surface area (Å²) in [5, 5.41) is 19.1. The smallest absolute Gasteiger partial charge is 0.418 e. The van der Waals surface area contributed by atoms with Gasteiger partial charge in [0.2, 0.25) is 0 Å². The lowest BCUT2D eigenvalue weighted by atomic mass is 9.79. The summed E-state index contributed by atoms with van der Waals surface area (Å²) in [7, 11) is 0. The summed E-state index contributed by atoms with van der Waals surface area (Å²) < 4.78 is 38.8. The average Bonchev–Trinajstić information content (AvgIpc) is 2.43. The summed E-state index contributed by atoms with van der Waals surface area (Å²) in [6.45, 7) is 5.98. The SMILES string of the molecule is CC(C)(C)C[C@H]1c2cccc(C(O)C(F)(F)F)c2CCN1C(=O)O. The van der Waals surface area contributed by atoms with Crippen LogP contribution in [0, 0.1) is 5.41 Å². The molecule has 24 heavy (non-hydrogen) atoms. The summed E-state index contributed by atoms with van der Waals surface area (Å²) in [4.78, 5) is 12.8. The highest BCUT2D eigenvalue weighted by Gasteiger charge is 2.42. The first-order chi connectivity index (χ1) is 10.9. The van der Waals surface area contributed by atoms with E-state index in [1.807, 2.05) is 20.8 Å². The number of alkyl halides is 3. The van der Waals surface area contributed by atoms with Gasteiger partial charge >= 0.3 is 12.3 Å². The highest BCUT2D eigenvalue weighted by molar-refractivity contribution is 5.67. The van der Waals surface area contributed by atoms with Gasteiger partial charge in [0.25, 0.3) is 0 Å². The van der Waals surface area contributed by atoms with Crippen LogP contribution < -0.4 is 0 Å². The fourth-order valence-corrected chi connectivity index (χ4v) is 3.24. The fraction of sp³-hybridized carbons (Fsp3) is 0.588. The summed E-state index contributed by atoms with van der Waals surface area (Å²) >= 11 is 0. The largest absolute Gasteiger partial charge is 0.465 e. The lowest BCUT2D eigenvalue weighted by Gasteiger charge is -2.39. The Labute approximate surface area is 138 Å². The van der Waals surface area contributed by atoms with Gasteiger partial charge in [0.05, 0.1) is 6.04 Å². The monoisotopic (exact) mass is 345 g/mol. The topological polar surface area (TPSA) is 60.8 Å². The quantitative estimate of drug-likeness (QED) is 0.840. The van der Waals surface area contributed by atoms with Gasteiger partial charge in [0.15, 0.2) is 6.10 Å². The molecular weight excluding hydrogens is 323 g/mol. The van der Waals surface area contributed by atoms with Gasteiger partial charge in [-0.05, 0) is 34.9 Å². The third kappa shape index (κ3) is 3.83. The van der Waals surface area contributed by atoms with Crippen LogP contribution in [0.25, 0.3) is 0 Å². The molecule has 0 bridgehead atoms. The van der Waals surface area contributed by atoms with Gasteiger partial charge in [-0.3, -0.25) is 0 Å². The molecule has 4 nitrogen and oxygen atoms in total. The number of nitrogens with zero attached hydrogens (tertiary/aromatic N) is 1. The van der Waals surface area contributed by atoms with Crippen LogP contribution >= 0.6 is 0 Å². The van der Waals surface area contributed by atoms with Crippen molar-refractivity contribution in [1.29, 1.82) is 0 Å². The molecule has 2 N–H and O–H groups in total. The molecule has 0 aromatic heterocycles. The zero-order chi connectivity index (χ0) is 18.3. The molecule has 0 fully saturated rings. The van der Waals surface area contributed by atoms with E-state index in [0.29, 0.717) is 17.5 Å². The highest BCUT2D eigenvalue weighted by Crippen LogP contribution is 2.42. The van der Waals surface area contributed by atoms with Crippen molar-refractivity contribution in [2.24, 2.45) is 5.41 Å². The van der Waals surface area contributed by atoms with E-state index in [1.165, 1.54) is 17.0 Å². The van der Waals surface area contributed by atoms with Crippen LogP contribution in [0.15, 0.2) is 18.2 Å². The molecule has 0 saturated heterocycles. The van der Waals surface area contributed by atoms with E-state index < -0.39 is 24.4 Å². The zero-order valence-corrected chi connectivity index (χ0v) is 13.9. The average molecular weight is 345 g/mol. The number of halogens is 3. The molecule has 2 atom stereocenters. The highest BCUT2D eigenvalue weighted by atomic mass is 19.4. The van der Waals surface area contributed by atoms with Crippen molar-refractivity contribution in [2.75, 3.05) is 6.54 Å². The first-order valence-corrected chi connectivity index (χ1v) is 7.78. The number of carbonyl (C=O) groups is 1. The number of hydrogen-bond donors (Lipinski definition) is 2. The van der Waals surface area contributed by atoms with Crippen LogP contribution in [0.4, 0.5) is 18.0 Å². The molecule has 1 unspecified atom stereocenters. The van der Waals surface area contributed by atoms with Crippen LogP contribution in [-0.2, 0) is 6.42 Å². The number of hydrogen-bond acceptors (Lipinski definition) is 2. The van der Waals surface area contributed by atoms with E-state index in [-0.39, 0.29) is 23.9 Å². The Balaban J connectivity index is 2.52. The van der Waals surface area contributed by atoms with E-state index in [0.717, 1.165) is 0 Å². The molecule has 1 amide bonds. The Bertz CT molecular complexity index is 622. The predicted octanol–water partition coefficient (Wildman–Crippen LogP) is 4.30. The lowest BCUT2D eigenvalue weighted by molar-refractivity contribution is -0.207. The predicted molar refractivity (Wildman–Crippen MR) is 82.7 cm³/mol. The molecule has 1 aliphatic heterocycles. The number of rotatable bonds is 2. The Morgan fingerprint density at radius 3 is 2.46 bits per heavy atom. The second-order valence-electron chi connectivity index (χ2n) is 7.37. The summed E-state index contributed by atoms with van der Waals surface area (Å²) in [5.41, 5.74) is 0.587.